The molecule has 6 heteroatoms. The van der Waals surface area contributed by atoms with Crippen LogP contribution < -0.4 is 0 Å². The van der Waals surface area contributed by atoms with Gasteiger partial charge in [0.2, 0.25) is 0 Å². The Morgan fingerprint density at radius 2 is 1.95 bits per heavy atom. The van der Waals surface area contributed by atoms with Gasteiger partial charge in [-0.25, -0.2) is 0 Å². The first kappa shape index (κ1) is 13.9. The zero-order valence-corrected chi connectivity index (χ0v) is 11.5. The van der Waals surface area contributed by atoms with Crippen LogP contribution >= 0.6 is 0 Å². The average Bonchev–Trinajstić information content (AvgIpc) is 2.82. The average molecular weight is 273 g/mol. The van der Waals surface area contributed by atoms with Crippen molar-refractivity contribution in [2.24, 2.45) is 0 Å². The number of nitro groups is 1. The van der Waals surface area contributed by atoms with Crippen molar-refractivity contribution >= 4 is 12.0 Å². The van der Waals surface area contributed by atoms with Crippen LogP contribution in [-0.4, -0.2) is 21.0 Å². The fraction of sp³-hybridized carbons (Fsp3) is 0.286. The minimum absolute atomic E-state index is 0.0604. The molecule has 0 aliphatic rings. The maximum absolute atomic E-state index is 11.2. The van der Waals surface area contributed by atoms with E-state index in [-0.39, 0.29) is 11.2 Å². The number of carbonyl (C=O) groups excluding carboxylic acids is 1. The maximum atomic E-state index is 11.2. The summed E-state index contributed by atoms with van der Waals surface area (Å²) in [5.41, 5.74) is 0.661. The second-order valence-corrected chi connectivity index (χ2v) is 5.44. The van der Waals surface area contributed by atoms with Crippen LogP contribution in [0, 0.1) is 10.1 Å². The van der Waals surface area contributed by atoms with Gasteiger partial charge in [-0.15, -0.1) is 0 Å². The number of hydrogen-bond acceptors (Lipinski definition) is 4. The van der Waals surface area contributed by atoms with Gasteiger partial charge in [-0.1, -0.05) is 12.1 Å². The Labute approximate surface area is 116 Å². The molecule has 2 aromatic rings. The summed E-state index contributed by atoms with van der Waals surface area (Å²) in [4.78, 5) is 21.8. The minimum atomic E-state index is -0.472. The molecule has 0 aliphatic heterocycles. The largest absolute Gasteiger partial charge is 0.298 e. The predicted octanol–water partition coefficient (Wildman–Crippen LogP) is 3.03. The highest BCUT2D eigenvalue weighted by atomic mass is 16.6. The highest BCUT2D eigenvalue weighted by Crippen LogP contribution is 2.31. The van der Waals surface area contributed by atoms with Crippen molar-refractivity contribution in [2.45, 2.75) is 26.3 Å². The van der Waals surface area contributed by atoms with Crippen LogP contribution in [0.3, 0.4) is 0 Å². The van der Waals surface area contributed by atoms with Gasteiger partial charge in [-0.3, -0.25) is 19.6 Å². The lowest BCUT2D eigenvalue weighted by molar-refractivity contribution is -0.384. The summed E-state index contributed by atoms with van der Waals surface area (Å²) in [7, 11) is 0. The minimum Gasteiger partial charge on any atom is -0.298 e. The van der Waals surface area contributed by atoms with E-state index in [1.54, 1.807) is 29.1 Å². The summed E-state index contributed by atoms with van der Waals surface area (Å²) in [6.07, 6.45) is 2.28. The van der Waals surface area contributed by atoms with E-state index in [0.717, 1.165) is 0 Å². The molecule has 104 valence electrons. The lowest BCUT2D eigenvalue weighted by Crippen LogP contribution is -2.22. The summed E-state index contributed by atoms with van der Waals surface area (Å²) in [6, 6.07) is 6.27. The number of nitrogens with zero attached hydrogens (tertiary/aromatic N) is 3. The highest BCUT2D eigenvalue weighted by molar-refractivity contribution is 5.88. The topological polar surface area (TPSA) is 78.0 Å². The van der Waals surface area contributed by atoms with Crippen LogP contribution in [0.4, 0.5) is 5.69 Å². The van der Waals surface area contributed by atoms with Crippen LogP contribution in [0.25, 0.3) is 11.3 Å². The van der Waals surface area contributed by atoms with Crippen LogP contribution in [0.5, 0.6) is 0 Å². The number of hydrogen-bond donors (Lipinski definition) is 0. The van der Waals surface area contributed by atoms with Gasteiger partial charge in [-0.05, 0) is 26.8 Å². The van der Waals surface area contributed by atoms with Crippen LogP contribution in [-0.2, 0) is 5.54 Å². The third-order valence-electron chi connectivity index (χ3n) is 2.91. The lowest BCUT2D eigenvalue weighted by Gasteiger charge is -2.18. The van der Waals surface area contributed by atoms with Crippen molar-refractivity contribution < 1.29 is 9.72 Å². The molecule has 0 fully saturated rings. The second-order valence-electron chi connectivity index (χ2n) is 5.44. The van der Waals surface area contributed by atoms with Gasteiger partial charge in [0.1, 0.15) is 5.69 Å². The monoisotopic (exact) mass is 273 g/mol. The number of carbonyl (C=O) groups is 1. The second kappa shape index (κ2) is 4.88. The number of para-hydroxylation sites is 1. The molecule has 0 unspecified atom stereocenters. The molecule has 1 aromatic carbocycles. The van der Waals surface area contributed by atoms with E-state index in [0.29, 0.717) is 23.1 Å². The Bertz CT molecular complexity index is 669. The van der Waals surface area contributed by atoms with E-state index in [9.17, 15) is 14.9 Å². The number of rotatable bonds is 3. The van der Waals surface area contributed by atoms with Gasteiger partial charge in [0.25, 0.3) is 5.69 Å². The van der Waals surface area contributed by atoms with E-state index >= 15 is 0 Å². The van der Waals surface area contributed by atoms with Crippen LogP contribution in [0.1, 0.15) is 31.1 Å². The first-order valence-electron chi connectivity index (χ1n) is 6.13. The molecule has 0 atom stereocenters. The molecule has 0 N–H and O–H groups in total. The molecular weight excluding hydrogens is 258 g/mol. The molecule has 0 saturated heterocycles. The Balaban J connectivity index is 2.67. The highest BCUT2D eigenvalue weighted by Gasteiger charge is 2.23. The molecule has 0 spiro atoms. The number of benzene rings is 1. The van der Waals surface area contributed by atoms with Crippen LogP contribution in [0.15, 0.2) is 30.5 Å². The Morgan fingerprint density at radius 3 is 2.50 bits per heavy atom. The van der Waals surface area contributed by atoms with Gasteiger partial charge in [0.15, 0.2) is 6.29 Å². The molecule has 0 bridgehead atoms. The fourth-order valence-electron chi connectivity index (χ4n) is 1.86. The molecular formula is C14H15N3O3. The molecule has 6 nitrogen and oxygen atoms in total. The van der Waals surface area contributed by atoms with Gasteiger partial charge in [0.05, 0.1) is 21.6 Å². The van der Waals surface area contributed by atoms with Gasteiger partial charge >= 0.3 is 0 Å². The normalized spacial score (nSPS) is 11.3. The fourth-order valence-corrected chi connectivity index (χ4v) is 1.86. The van der Waals surface area contributed by atoms with Crippen LogP contribution in [0.2, 0.25) is 0 Å². The van der Waals surface area contributed by atoms with Crippen molar-refractivity contribution in [1.82, 2.24) is 9.78 Å². The van der Waals surface area contributed by atoms with E-state index in [1.165, 1.54) is 6.07 Å². The van der Waals surface area contributed by atoms with Crippen molar-refractivity contribution in [3.8, 4) is 11.3 Å². The third-order valence-corrected chi connectivity index (χ3v) is 2.91. The van der Waals surface area contributed by atoms with E-state index < -0.39 is 4.92 Å². The van der Waals surface area contributed by atoms with Crippen molar-refractivity contribution in [3.63, 3.8) is 0 Å². The van der Waals surface area contributed by atoms with Gasteiger partial charge in [0, 0.05) is 12.3 Å². The van der Waals surface area contributed by atoms with Gasteiger partial charge in [-0.2, -0.15) is 5.10 Å². The summed E-state index contributed by atoms with van der Waals surface area (Å²) in [5, 5.41) is 15.4. The molecule has 1 aromatic heterocycles. The van der Waals surface area contributed by atoms with E-state index in [4.69, 9.17) is 0 Å². The Kier molecular flexibility index (Phi) is 3.40. The lowest BCUT2D eigenvalue weighted by atomic mass is 10.1. The SMILES string of the molecule is CC(C)(C)n1cc(C=O)c(-c2ccccc2[N+](=O)[O-])n1. The number of aromatic nitrogens is 2. The third kappa shape index (κ3) is 2.45. The zero-order chi connectivity index (χ0) is 14.9. The zero-order valence-electron chi connectivity index (χ0n) is 11.5. The van der Waals surface area contributed by atoms with E-state index in [2.05, 4.69) is 5.10 Å². The van der Waals surface area contributed by atoms with Crippen molar-refractivity contribution in [1.29, 1.82) is 0 Å². The summed E-state index contributed by atoms with van der Waals surface area (Å²) >= 11 is 0. The summed E-state index contributed by atoms with van der Waals surface area (Å²) in [5.74, 6) is 0. The molecule has 0 saturated carbocycles. The van der Waals surface area contributed by atoms with Gasteiger partial charge < -0.3 is 0 Å². The molecule has 0 amide bonds. The summed E-state index contributed by atoms with van der Waals surface area (Å²) in [6.45, 7) is 5.83. The number of aldehydes is 1. The van der Waals surface area contributed by atoms with Crippen molar-refractivity contribution in [2.75, 3.05) is 0 Å². The van der Waals surface area contributed by atoms with E-state index in [1.807, 2.05) is 20.8 Å². The first-order chi connectivity index (χ1) is 9.34. The Morgan fingerprint density at radius 1 is 1.30 bits per heavy atom. The first-order valence-corrected chi connectivity index (χ1v) is 6.13. The maximum Gasteiger partial charge on any atom is 0.278 e. The quantitative estimate of drug-likeness (QED) is 0.489. The molecule has 2 rings (SSSR count). The smallest absolute Gasteiger partial charge is 0.278 e. The van der Waals surface area contributed by atoms with Crippen molar-refractivity contribution in [3.05, 3.63) is 46.1 Å². The molecule has 0 aliphatic carbocycles. The Hall–Kier alpha value is -2.50. The predicted molar refractivity (Wildman–Crippen MR) is 74.7 cm³/mol. The standard InChI is InChI=1S/C14H15N3O3/c1-14(2,3)16-8-10(9-18)13(15-16)11-6-4-5-7-12(11)17(19)20/h4-9H,1-3H3. The molecule has 0 radical (unpaired) electrons. The molecule has 20 heavy (non-hydrogen) atoms. The number of nitro benzene ring substituents is 1. The summed E-state index contributed by atoms with van der Waals surface area (Å²) < 4.78 is 1.64. The molecule has 1 heterocycles.